The van der Waals surface area contributed by atoms with Crippen LogP contribution in [-0.2, 0) is 6.54 Å². The number of anilines is 2. The van der Waals surface area contributed by atoms with Crippen LogP contribution >= 0.6 is 0 Å². The van der Waals surface area contributed by atoms with Crippen LogP contribution in [0.15, 0.2) is 0 Å². The average Bonchev–Trinajstić information content (AvgIpc) is 3.31. The van der Waals surface area contributed by atoms with E-state index in [9.17, 15) is 9.90 Å². The number of amides is 1. The maximum atomic E-state index is 11.4. The van der Waals surface area contributed by atoms with E-state index in [4.69, 9.17) is 20.4 Å². The van der Waals surface area contributed by atoms with Gasteiger partial charge in [0.2, 0.25) is 5.95 Å². The van der Waals surface area contributed by atoms with Crippen LogP contribution in [0.2, 0.25) is 0 Å². The molecule has 2 atom stereocenters. The fourth-order valence-corrected chi connectivity index (χ4v) is 8.05. The fourth-order valence-electron chi connectivity index (χ4n) is 8.05. The van der Waals surface area contributed by atoms with Gasteiger partial charge in [-0.1, -0.05) is 45.4 Å². The van der Waals surface area contributed by atoms with Gasteiger partial charge in [0, 0.05) is 25.2 Å². The molecule has 2 aromatic rings. The van der Waals surface area contributed by atoms with E-state index in [0.717, 1.165) is 30.5 Å². The van der Waals surface area contributed by atoms with Gasteiger partial charge in [-0.25, -0.2) is 14.8 Å². The van der Waals surface area contributed by atoms with Gasteiger partial charge < -0.3 is 19.9 Å². The number of rotatable bonds is 8. The Bertz CT molecular complexity index is 1260. The Morgan fingerprint density at radius 3 is 2.38 bits per heavy atom. The summed E-state index contributed by atoms with van der Waals surface area (Å²) in [7, 11) is 0. The highest BCUT2D eigenvalue weighted by Crippen LogP contribution is 2.40. The van der Waals surface area contributed by atoms with E-state index in [2.05, 4.69) is 33.9 Å². The normalized spacial score (nSPS) is 26.5. The van der Waals surface area contributed by atoms with E-state index >= 15 is 0 Å². The Kier molecular flexibility index (Phi) is 8.86. The standard InChI is InChI=1S/C32H50N8O2/c1-20-14-16-22(17-15-20)19-40-26-28(34-21(2)23-11-8-12-23)36-30(27(33)35-32(41)42)37-29(26)38-31(40)39-18-7-6-13-25(39)24-9-4-3-5-10-24/h20-25H,3-19H2,1-2H3,(H2,33,35)(H,41,42)(H,34,36,37)/t20?,21-,22?,25?/m1/s1. The van der Waals surface area contributed by atoms with Gasteiger partial charge in [0.15, 0.2) is 23.1 Å². The number of imidazole rings is 1. The molecule has 42 heavy (non-hydrogen) atoms. The number of nitrogens with zero attached hydrogens (tertiary/aromatic N) is 5. The average molecular weight is 579 g/mol. The molecule has 0 bridgehead atoms. The summed E-state index contributed by atoms with van der Waals surface area (Å²) in [6.45, 7) is 6.48. The van der Waals surface area contributed by atoms with Crippen molar-refractivity contribution in [2.45, 2.75) is 129 Å². The van der Waals surface area contributed by atoms with Crippen molar-refractivity contribution in [2.24, 2.45) is 23.7 Å². The predicted molar refractivity (Wildman–Crippen MR) is 166 cm³/mol. The molecule has 10 nitrogen and oxygen atoms in total. The van der Waals surface area contributed by atoms with Gasteiger partial charge in [0.05, 0.1) is 0 Å². The number of nitrogens with one attached hydrogen (secondary N) is 3. The van der Waals surface area contributed by atoms with Crippen molar-refractivity contribution in [1.82, 2.24) is 24.8 Å². The summed E-state index contributed by atoms with van der Waals surface area (Å²) in [6.07, 6.45) is 17.6. The van der Waals surface area contributed by atoms with Crippen LogP contribution in [-0.4, -0.2) is 55.2 Å². The smallest absolute Gasteiger partial charge is 0.410 e. The molecule has 3 heterocycles. The summed E-state index contributed by atoms with van der Waals surface area (Å²) in [5.74, 6) is 4.09. The zero-order valence-electron chi connectivity index (χ0n) is 25.6. The van der Waals surface area contributed by atoms with Crippen LogP contribution in [0, 0.1) is 29.1 Å². The van der Waals surface area contributed by atoms with Gasteiger partial charge in [-0.3, -0.25) is 10.7 Å². The Morgan fingerprint density at radius 1 is 0.952 bits per heavy atom. The molecule has 1 saturated heterocycles. The minimum Gasteiger partial charge on any atom is -0.465 e. The summed E-state index contributed by atoms with van der Waals surface area (Å²) in [6, 6.07) is 0.712. The second-order valence-corrected chi connectivity index (χ2v) is 13.8. The molecule has 10 heteroatoms. The van der Waals surface area contributed by atoms with Gasteiger partial charge >= 0.3 is 6.09 Å². The van der Waals surface area contributed by atoms with Crippen LogP contribution in [0.25, 0.3) is 11.2 Å². The number of amidine groups is 1. The van der Waals surface area contributed by atoms with E-state index < -0.39 is 6.09 Å². The first-order valence-corrected chi connectivity index (χ1v) is 16.8. The van der Waals surface area contributed by atoms with Crippen LogP contribution in [0.4, 0.5) is 16.6 Å². The number of aromatic nitrogens is 4. The first kappa shape index (κ1) is 29.2. The van der Waals surface area contributed by atoms with Crippen molar-refractivity contribution >= 4 is 34.9 Å². The van der Waals surface area contributed by atoms with Crippen LogP contribution < -0.4 is 15.5 Å². The summed E-state index contributed by atoms with van der Waals surface area (Å²) < 4.78 is 2.42. The lowest BCUT2D eigenvalue weighted by Gasteiger charge is -2.43. The van der Waals surface area contributed by atoms with Crippen LogP contribution in [0.5, 0.6) is 0 Å². The maximum absolute atomic E-state index is 11.4. The fraction of sp³-hybridized carbons (Fsp3) is 0.781. The van der Waals surface area contributed by atoms with Gasteiger partial charge in [-0.05, 0) is 88.4 Å². The Labute approximate surface area is 250 Å². The van der Waals surface area contributed by atoms with Crippen molar-refractivity contribution in [1.29, 1.82) is 5.41 Å². The molecule has 0 radical (unpaired) electrons. The first-order valence-electron chi connectivity index (χ1n) is 16.8. The number of hydrogen-bond acceptors (Lipinski definition) is 7. The molecule has 4 fully saturated rings. The number of fused-ring (bicyclic) bond motifs is 1. The highest BCUT2D eigenvalue weighted by atomic mass is 16.4. The summed E-state index contributed by atoms with van der Waals surface area (Å²) >= 11 is 0. The zero-order chi connectivity index (χ0) is 29.2. The van der Waals surface area contributed by atoms with E-state index in [1.54, 1.807) is 0 Å². The quantitative estimate of drug-likeness (QED) is 0.200. The number of carbonyl (C=O) groups is 1. The monoisotopic (exact) mass is 578 g/mol. The third-order valence-corrected chi connectivity index (χ3v) is 10.8. The highest BCUT2D eigenvalue weighted by Gasteiger charge is 2.35. The minimum atomic E-state index is -1.29. The topological polar surface area (TPSA) is 132 Å². The second kappa shape index (κ2) is 12.8. The predicted octanol–water partition coefficient (Wildman–Crippen LogP) is 6.79. The van der Waals surface area contributed by atoms with Crippen LogP contribution in [0.1, 0.15) is 116 Å². The molecule has 2 aromatic heterocycles. The lowest BCUT2D eigenvalue weighted by atomic mass is 9.80. The van der Waals surface area contributed by atoms with E-state index in [-0.39, 0.29) is 17.7 Å². The van der Waals surface area contributed by atoms with Gasteiger partial charge in [-0.15, -0.1) is 0 Å². The van der Waals surface area contributed by atoms with Crippen molar-refractivity contribution in [2.75, 3.05) is 16.8 Å². The van der Waals surface area contributed by atoms with E-state index in [1.807, 2.05) is 0 Å². The largest absolute Gasteiger partial charge is 0.465 e. The second-order valence-electron chi connectivity index (χ2n) is 13.8. The summed E-state index contributed by atoms with van der Waals surface area (Å²) in [5.41, 5.74) is 1.47. The number of hydrogen-bond donors (Lipinski definition) is 4. The zero-order valence-corrected chi connectivity index (χ0v) is 25.6. The van der Waals surface area contributed by atoms with Crippen molar-refractivity contribution < 1.29 is 9.90 Å². The molecule has 1 amide bonds. The van der Waals surface area contributed by atoms with Crippen molar-refractivity contribution in [3.63, 3.8) is 0 Å². The summed E-state index contributed by atoms with van der Waals surface area (Å²) in [5, 5.41) is 23.6. The molecule has 3 aliphatic carbocycles. The molecular weight excluding hydrogens is 528 g/mol. The van der Waals surface area contributed by atoms with Gasteiger partial charge in [-0.2, -0.15) is 4.98 Å². The van der Waals surface area contributed by atoms with Gasteiger partial charge in [0.25, 0.3) is 0 Å². The summed E-state index contributed by atoms with van der Waals surface area (Å²) in [4.78, 5) is 28.8. The van der Waals surface area contributed by atoms with Crippen molar-refractivity contribution in [3.8, 4) is 0 Å². The molecule has 4 aliphatic rings. The molecule has 0 aromatic carbocycles. The van der Waals surface area contributed by atoms with Crippen molar-refractivity contribution in [3.05, 3.63) is 5.82 Å². The Balaban J connectivity index is 1.45. The third kappa shape index (κ3) is 6.23. The van der Waals surface area contributed by atoms with E-state index in [0.29, 0.717) is 35.3 Å². The molecule has 1 aliphatic heterocycles. The Morgan fingerprint density at radius 2 is 1.69 bits per heavy atom. The Hall–Kier alpha value is -2.91. The van der Waals surface area contributed by atoms with E-state index in [1.165, 1.54) is 96.3 Å². The SMILES string of the molecule is CC1CCC(Cn2c(N3CCCCC3C3CCCCC3)nc3nc(C(=N)NC(=O)O)nc(N[C@H](C)C4CCC4)c32)CC1. The first-order chi connectivity index (χ1) is 20.4. The molecular formula is C32H50N8O2. The maximum Gasteiger partial charge on any atom is 0.410 e. The highest BCUT2D eigenvalue weighted by molar-refractivity contribution is 6.03. The molecule has 6 rings (SSSR count). The molecule has 230 valence electrons. The minimum absolute atomic E-state index is 0.0679. The molecule has 0 spiro atoms. The molecule has 4 N–H and O–H groups in total. The number of piperidine rings is 1. The van der Waals surface area contributed by atoms with Gasteiger partial charge in [0.1, 0.15) is 5.52 Å². The lowest BCUT2D eigenvalue weighted by molar-refractivity contribution is 0.200. The lowest BCUT2D eigenvalue weighted by Crippen LogP contribution is -2.46. The number of carboxylic acid groups (broad SMARTS) is 1. The molecule has 3 saturated carbocycles. The van der Waals surface area contributed by atoms with Crippen LogP contribution in [0.3, 0.4) is 0 Å². The molecule has 1 unspecified atom stereocenters. The third-order valence-electron chi connectivity index (χ3n) is 10.8.